The Kier molecular flexibility index (Phi) is 5.88. The van der Waals surface area contributed by atoms with Crippen molar-refractivity contribution in [2.24, 2.45) is 0 Å². The third-order valence-corrected chi connectivity index (χ3v) is 6.09. The zero-order chi connectivity index (χ0) is 24.4. The van der Waals surface area contributed by atoms with E-state index in [0.717, 1.165) is 5.52 Å². The lowest BCUT2D eigenvalue weighted by Crippen LogP contribution is -2.32. The molecule has 0 unspecified atom stereocenters. The van der Waals surface area contributed by atoms with Gasteiger partial charge < -0.3 is 15.0 Å². The standard InChI is InChI=1S/C27H26N6O2/c1-3-32-23-17-19(25(34)30-24-18-28-33(4-2)31-24)15-16-22(23)29-26(32)27(35,20-11-7-5-8-12-20)21-13-9-6-10-14-21/h5-18,35H,3-4H2,1-2H3,(H,30,31,34). The summed E-state index contributed by atoms with van der Waals surface area (Å²) in [5, 5.41) is 23.4. The Labute approximate surface area is 202 Å². The van der Waals surface area contributed by atoms with E-state index in [1.807, 2.05) is 79.1 Å². The van der Waals surface area contributed by atoms with Crippen LogP contribution in [0.1, 0.15) is 41.2 Å². The SMILES string of the molecule is CCn1ncc(NC(=O)c2ccc3nc(C(O)(c4ccccc4)c4ccccc4)n(CC)c3c2)n1. The average Bonchev–Trinajstić information content (AvgIpc) is 3.53. The number of hydrogen-bond acceptors (Lipinski definition) is 5. The highest BCUT2D eigenvalue weighted by Crippen LogP contribution is 2.37. The predicted molar refractivity (Wildman–Crippen MR) is 134 cm³/mol. The molecule has 0 saturated heterocycles. The Morgan fingerprint density at radius 3 is 2.17 bits per heavy atom. The monoisotopic (exact) mass is 466 g/mol. The molecule has 2 N–H and O–H groups in total. The number of rotatable bonds is 7. The smallest absolute Gasteiger partial charge is 0.256 e. The molecule has 2 heterocycles. The fraction of sp³-hybridized carbons (Fsp3) is 0.185. The quantitative estimate of drug-likeness (QED) is 0.375. The van der Waals surface area contributed by atoms with Crippen molar-refractivity contribution in [1.29, 1.82) is 0 Å². The first-order valence-electron chi connectivity index (χ1n) is 11.6. The molecule has 0 fully saturated rings. The molecule has 5 rings (SSSR count). The fourth-order valence-corrected chi connectivity index (χ4v) is 4.34. The van der Waals surface area contributed by atoms with Crippen LogP contribution in [0.5, 0.6) is 0 Å². The molecule has 0 aliphatic rings. The van der Waals surface area contributed by atoms with Crippen LogP contribution < -0.4 is 5.32 Å². The fourth-order valence-electron chi connectivity index (χ4n) is 4.34. The predicted octanol–water partition coefficient (Wildman–Crippen LogP) is 4.20. The van der Waals surface area contributed by atoms with Crippen molar-refractivity contribution in [3.63, 3.8) is 0 Å². The van der Waals surface area contributed by atoms with Crippen molar-refractivity contribution < 1.29 is 9.90 Å². The Hall–Kier alpha value is -4.30. The maximum Gasteiger partial charge on any atom is 0.256 e. The summed E-state index contributed by atoms with van der Waals surface area (Å²) in [6.07, 6.45) is 1.52. The van der Waals surface area contributed by atoms with Crippen molar-refractivity contribution in [3.8, 4) is 0 Å². The normalized spacial score (nSPS) is 11.6. The number of aromatic nitrogens is 5. The minimum absolute atomic E-state index is 0.290. The Bertz CT molecular complexity index is 1430. The summed E-state index contributed by atoms with van der Waals surface area (Å²) in [5.74, 6) is 0.599. The number of imidazole rings is 1. The Balaban J connectivity index is 1.62. The van der Waals surface area contributed by atoms with E-state index in [0.29, 0.717) is 46.9 Å². The lowest BCUT2D eigenvalue weighted by Gasteiger charge is -2.29. The van der Waals surface area contributed by atoms with Crippen LogP contribution in [0.15, 0.2) is 85.1 Å². The van der Waals surface area contributed by atoms with Gasteiger partial charge >= 0.3 is 0 Å². The van der Waals surface area contributed by atoms with Gasteiger partial charge in [0.25, 0.3) is 5.91 Å². The molecule has 2 aromatic heterocycles. The molecule has 35 heavy (non-hydrogen) atoms. The number of carbonyl (C=O) groups excluding carboxylic acids is 1. The molecule has 8 nitrogen and oxygen atoms in total. The molecule has 0 aliphatic carbocycles. The Morgan fingerprint density at radius 2 is 1.60 bits per heavy atom. The molecule has 5 aromatic rings. The number of aliphatic hydroxyl groups is 1. The molecule has 0 aliphatic heterocycles. The van der Waals surface area contributed by atoms with Gasteiger partial charge in [-0.1, -0.05) is 60.7 Å². The van der Waals surface area contributed by atoms with Crippen molar-refractivity contribution in [1.82, 2.24) is 24.5 Å². The van der Waals surface area contributed by atoms with E-state index < -0.39 is 5.60 Å². The zero-order valence-electron chi connectivity index (χ0n) is 19.6. The molecule has 0 saturated carbocycles. The lowest BCUT2D eigenvalue weighted by atomic mass is 9.85. The highest BCUT2D eigenvalue weighted by atomic mass is 16.3. The lowest BCUT2D eigenvalue weighted by molar-refractivity contribution is 0.102. The number of hydrogen-bond donors (Lipinski definition) is 2. The van der Waals surface area contributed by atoms with Gasteiger partial charge in [0.15, 0.2) is 17.2 Å². The Morgan fingerprint density at radius 1 is 0.943 bits per heavy atom. The number of aryl methyl sites for hydroxylation is 2. The first-order chi connectivity index (χ1) is 17.0. The molecule has 0 spiro atoms. The van der Waals surface area contributed by atoms with Crippen LogP contribution in [-0.2, 0) is 18.7 Å². The molecule has 3 aromatic carbocycles. The number of anilines is 1. The second-order valence-electron chi connectivity index (χ2n) is 8.20. The van der Waals surface area contributed by atoms with Crippen molar-refractivity contribution in [2.75, 3.05) is 5.32 Å². The summed E-state index contributed by atoms with van der Waals surface area (Å²) < 4.78 is 1.96. The summed E-state index contributed by atoms with van der Waals surface area (Å²) in [6.45, 7) is 5.10. The number of nitrogens with one attached hydrogen (secondary N) is 1. The summed E-state index contributed by atoms with van der Waals surface area (Å²) in [5.41, 5.74) is 1.88. The van der Waals surface area contributed by atoms with Gasteiger partial charge in [-0.25, -0.2) is 4.98 Å². The van der Waals surface area contributed by atoms with Crippen LogP contribution in [0.25, 0.3) is 11.0 Å². The van der Waals surface area contributed by atoms with Crippen molar-refractivity contribution in [2.45, 2.75) is 32.5 Å². The highest BCUT2D eigenvalue weighted by molar-refractivity contribution is 6.05. The number of benzene rings is 3. The third kappa shape index (κ3) is 3.98. The van der Waals surface area contributed by atoms with Crippen LogP contribution >= 0.6 is 0 Å². The van der Waals surface area contributed by atoms with Gasteiger partial charge in [0, 0.05) is 12.1 Å². The molecule has 8 heteroatoms. The second kappa shape index (κ2) is 9.15. The van der Waals surface area contributed by atoms with Crippen molar-refractivity contribution in [3.05, 3.63) is 108 Å². The van der Waals surface area contributed by atoms with E-state index >= 15 is 0 Å². The largest absolute Gasteiger partial charge is 0.373 e. The van der Waals surface area contributed by atoms with E-state index in [9.17, 15) is 9.90 Å². The molecule has 0 radical (unpaired) electrons. The molecule has 0 bridgehead atoms. The topological polar surface area (TPSA) is 97.9 Å². The van der Waals surface area contributed by atoms with E-state index in [4.69, 9.17) is 4.98 Å². The van der Waals surface area contributed by atoms with Crippen LogP contribution in [-0.4, -0.2) is 35.6 Å². The average molecular weight is 467 g/mol. The second-order valence-corrected chi connectivity index (χ2v) is 8.20. The van der Waals surface area contributed by atoms with E-state index in [1.54, 1.807) is 18.2 Å². The van der Waals surface area contributed by atoms with Crippen LogP contribution in [0.3, 0.4) is 0 Å². The molecular weight excluding hydrogens is 440 g/mol. The summed E-state index contributed by atoms with van der Waals surface area (Å²) in [7, 11) is 0. The van der Waals surface area contributed by atoms with Crippen LogP contribution in [0.4, 0.5) is 5.82 Å². The summed E-state index contributed by atoms with van der Waals surface area (Å²) >= 11 is 0. The van der Waals surface area contributed by atoms with Crippen LogP contribution in [0, 0.1) is 0 Å². The summed E-state index contributed by atoms with van der Waals surface area (Å²) in [4.78, 5) is 19.3. The summed E-state index contributed by atoms with van der Waals surface area (Å²) in [6, 6.07) is 24.4. The van der Waals surface area contributed by atoms with Gasteiger partial charge in [-0.15, -0.1) is 5.10 Å². The molecule has 1 amide bonds. The number of carbonyl (C=O) groups is 1. The van der Waals surface area contributed by atoms with E-state index in [2.05, 4.69) is 15.5 Å². The number of nitrogens with zero attached hydrogens (tertiary/aromatic N) is 5. The number of amides is 1. The van der Waals surface area contributed by atoms with Gasteiger partial charge in [0.1, 0.15) is 0 Å². The minimum Gasteiger partial charge on any atom is -0.373 e. The minimum atomic E-state index is -1.47. The zero-order valence-corrected chi connectivity index (χ0v) is 19.6. The van der Waals surface area contributed by atoms with Crippen molar-refractivity contribution >= 4 is 22.8 Å². The molecule has 176 valence electrons. The van der Waals surface area contributed by atoms with Gasteiger partial charge in [-0.05, 0) is 43.2 Å². The maximum absolute atomic E-state index is 12.9. The molecule has 0 atom stereocenters. The van der Waals surface area contributed by atoms with Gasteiger partial charge in [0.05, 0.1) is 23.8 Å². The van der Waals surface area contributed by atoms with E-state index in [1.165, 1.54) is 11.0 Å². The first-order valence-corrected chi connectivity index (χ1v) is 11.6. The molecular formula is C27H26N6O2. The maximum atomic E-state index is 12.9. The first kappa shape index (κ1) is 22.5. The van der Waals surface area contributed by atoms with Gasteiger partial charge in [-0.3, -0.25) is 4.79 Å². The third-order valence-electron chi connectivity index (χ3n) is 6.09. The van der Waals surface area contributed by atoms with Gasteiger partial charge in [0.2, 0.25) is 0 Å². The van der Waals surface area contributed by atoms with Crippen LogP contribution in [0.2, 0.25) is 0 Å². The van der Waals surface area contributed by atoms with E-state index in [-0.39, 0.29) is 5.91 Å². The van der Waals surface area contributed by atoms with Gasteiger partial charge in [-0.2, -0.15) is 9.90 Å². The highest BCUT2D eigenvalue weighted by Gasteiger charge is 2.38. The number of fused-ring (bicyclic) bond motifs is 1.